The van der Waals surface area contributed by atoms with Crippen molar-refractivity contribution in [2.24, 2.45) is 34.5 Å². The molecule has 0 radical (unpaired) electrons. The lowest BCUT2D eigenvalue weighted by atomic mass is 9.47. The van der Waals surface area contributed by atoms with E-state index in [1.54, 1.807) is 0 Å². The molecule has 168 valence electrons. The average Bonchev–Trinajstić information content (AvgIpc) is 3.11. The van der Waals surface area contributed by atoms with Gasteiger partial charge in [-0.2, -0.15) is 0 Å². The van der Waals surface area contributed by atoms with Crippen LogP contribution < -0.4 is 0 Å². The van der Waals surface area contributed by atoms with E-state index in [1.165, 1.54) is 24.8 Å². The van der Waals surface area contributed by atoms with Crippen LogP contribution >= 0.6 is 0 Å². The van der Waals surface area contributed by atoms with Crippen molar-refractivity contribution in [3.8, 4) is 0 Å². The van der Waals surface area contributed by atoms with Crippen molar-refractivity contribution in [3.05, 3.63) is 47.5 Å². The minimum atomic E-state index is -1.05. The fourth-order valence-corrected chi connectivity index (χ4v) is 8.20. The van der Waals surface area contributed by atoms with Gasteiger partial charge in [-0.1, -0.05) is 55.8 Å². The van der Waals surface area contributed by atoms with Gasteiger partial charge >= 0.3 is 0 Å². The molecule has 7 atom stereocenters. The number of ketones is 1. The molecule has 31 heavy (non-hydrogen) atoms. The lowest BCUT2D eigenvalue weighted by molar-refractivity contribution is -0.231. The third-order valence-electron chi connectivity index (χ3n) is 9.97. The van der Waals surface area contributed by atoms with Gasteiger partial charge in [-0.05, 0) is 79.6 Å². The fraction of sp³-hybridized carbons (Fsp3) is 0.679. The highest BCUT2D eigenvalue weighted by atomic mass is 16.6. The molecule has 0 amide bonds. The number of allylic oxidation sites excluding steroid dienone is 1. The Labute approximate surface area is 187 Å². The van der Waals surface area contributed by atoms with E-state index >= 15 is 0 Å². The van der Waals surface area contributed by atoms with Crippen molar-refractivity contribution in [2.75, 3.05) is 0 Å². The first-order valence-electron chi connectivity index (χ1n) is 12.4. The number of ether oxygens (including phenoxy) is 1. The van der Waals surface area contributed by atoms with E-state index in [9.17, 15) is 9.90 Å². The molecule has 3 saturated carbocycles. The van der Waals surface area contributed by atoms with Gasteiger partial charge in [-0.25, -0.2) is 0 Å². The first kappa shape index (κ1) is 21.4. The molecule has 0 unspecified atom stereocenters. The third-order valence-corrected chi connectivity index (χ3v) is 9.97. The highest BCUT2D eigenvalue weighted by molar-refractivity contribution is 5.79. The summed E-state index contributed by atoms with van der Waals surface area (Å²) in [5.41, 5.74) is 2.89. The largest absolute Gasteiger partial charge is 0.365 e. The Hall–Kier alpha value is -1.45. The van der Waals surface area contributed by atoms with E-state index in [4.69, 9.17) is 4.74 Å². The van der Waals surface area contributed by atoms with Crippen molar-refractivity contribution < 1.29 is 14.6 Å². The van der Waals surface area contributed by atoms with Crippen LogP contribution in [0.4, 0.5) is 0 Å². The molecule has 4 aliphatic rings. The van der Waals surface area contributed by atoms with E-state index in [2.05, 4.69) is 32.1 Å². The minimum absolute atomic E-state index is 0.168. The Balaban J connectivity index is 1.34. The number of carbonyl (C=O) groups excluding carboxylic acids is 1. The molecule has 1 aromatic carbocycles. The van der Waals surface area contributed by atoms with E-state index in [0.717, 1.165) is 24.8 Å². The Morgan fingerprint density at radius 3 is 2.58 bits per heavy atom. The van der Waals surface area contributed by atoms with Gasteiger partial charge in [0.05, 0.1) is 6.61 Å². The molecule has 0 bridgehead atoms. The summed E-state index contributed by atoms with van der Waals surface area (Å²) in [6.07, 6.45) is 10.6. The zero-order valence-electron chi connectivity index (χ0n) is 19.4. The monoisotopic (exact) mass is 422 g/mol. The van der Waals surface area contributed by atoms with Crippen molar-refractivity contribution in [2.45, 2.75) is 84.5 Å². The Morgan fingerprint density at radius 1 is 1.06 bits per heavy atom. The molecule has 4 aliphatic carbocycles. The summed E-state index contributed by atoms with van der Waals surface area (Å²) in [5.74, 6) is 1.65. The topological polar surface area (TPSA) is 46.5 Å². The number of rotatable bonds is 4. The summed E-state index contributed by atoms with van der Waals surface area (Å²) in [4.78, 5) is 12.3. The Bertz CT molecular complexity index is 876. The average molecular weight is 423 g/mol. The fourth-order valence-electron chi connectivity index (χ4n) is 8.20. The summed E-state index contributed by atoms with van der Waals surface area (Å²) in [5, 5.41) is 11.3. The molecule has 3 fully saturated rings. The lowest BCUT2D eigenvalue weighted by Gasteiger charge is -2.58. The predicted molar refractivity (Wildman–Crippen MR) is 122 cm³/mol. The van der Waals surface area contributed by atoms with Crippen molar-refractivity contribution in [3.63, 3.8) is 0 Å². The van der Waals surface area contributed by atoms with Crippen LogP contribution in [-0.2, 0) is 16.1 Å². The first-order chi connectivity index (χ1) is 14.8. The zero-order valence-corrected chi connectivity index (χ0v) is 19.4. The van der Waals surface area contributed by atoms with Gasteiger partial charge in [0, 0.05) is 18.8 Å². The third kappa shape index (κ3) is 3.43. The quantitative estimate of drug-likeness (QED) is 0.474. The lowest BCUT2D eigenvalue weighted by Crippen LogP contribution is -2.52. The molecule has 3 nitrogen and oxygen atoms in total. The van der Waals surface area contributed by atoms with E-state index in [1.807, 2.05) is 25.1 Å². The van der Waals surface area contributed by atoms with Crippen LogP contribution in [0.15, 0.2) is 42.0 Å². The molecule has 3 heteroatoms. The van der Waals surface area contributed by atoms with Crippen LogP contribution in [0.3, 0.4) is 0 Å². The number of benzene rings is 1. The summed E-state index contributed by atoms with van der Waals surface area (Å²) < 4.78 is 6.09. The second-order valence-corrected chi connectivity index (χ2v) is 11.4. The highest BCUT2D eigenvalue weighted by Gasteiger charge is 2.60. The van der Waals surface area contributed by atoms with Crippen molar-refractivity contribution in [1.29, 1.82) is 0 Å². The Morgan fingerprint density at radius 2 is 1.84 bits per heavy atom. The molecule has 0 heterocycles. The highest BCUT2D eigenvalue weighted by Crippen LogP contribution is 2.66. The molecule has 1 aromatic rings. The summed E-state index contributed by atoms with van der Waals surface area (Å²) in [6.45, 7) is 7.13. The summed E-state index contributed by atoms with van der Waals surface area (Å²) >= 11 is 0. The number of hydrogen-bond donors (Lipinski definition) is 1. The molecule has 0 saturated heterocycles. The molecule has 0 aromatic heterocycles. The first-order valence-corrected chi connectivity index (χ1v) is 12.4. The maximum atomic E-state index is 12.3. The van der Waals surface area contributed by atoms with Gasteiger partial charge in [0.2, 0.25) is 0 Å². The Kier molecular flexibility index (Phi) is 5.22. The summed E-state index contributed by atoms with van der Waals surface area (Å²) in [7, 11) is 0. The van der Waals surface area contributed by atoms with Crippen LogP contribution in [0.1, 0.15) is 77.7 Å². The number of fused-ring (bicyclic) bond motifs is 5. The van der Waals surface area contributed by atoms with E-state index < -0.39 is 5.79 Å². The van der Waals surface area contributed by atoms with Crippen LogP contribution in [0, 0.1) is 34.5 Å². The van der Waals surface area contributed by atoms with Gasteiger partial charge < -0.3 is 9.84 Å². The number of hydrogen-bond acceptors (Lipinski definition) is 3. The van der Waals surface area contributed by atoms with E-state index in [-0.39, 0.29) is 16.7 Å². The second kappa shape index (κ2) is 7.56. The SMILES string of the molecule is CC(=O)[C@H]1CC[C@H]2[C@@H]3CC=C4C[C@@](O)(OCc5ccccc5)CC[C@]4(C)[C@H]3CC[C@]12C. The number of aliphatic hydroxyl groups is 1. The molecule has 0 aliphatic heterocycles. The van der Waals surface area contributed by atoms with Crippen LogP contribution in [0.25, 0.3) is 0 Å². The second-order valence-electron chi connectivity index (χ2n) is 11.4. The van der Waals surface area contributed by atoms with Crippen LogP contribution in [0.5, 0.6) is 0 Å². The minimum Gasteiger partial charge on any atom is -0.365 e. The number of Topliss-reactive ketones (excluding diaryl/α,β-unsaturated/α-hetero) is 1. The van der Waals surface area contributed by atoms with Gasteiger partial charge in [0.25, 0.3) is 0 Å². The van der Waals surface area contributed by atoms with Crippen LogP contribution in [-0.4, -0.2) is 16.7 Å². The number of carbonyl (C=O) groups is 1. The van der Waals surface area contributed by atoms with Gasteiger partial charge in [-0.3, -0.25) is 4.79 Å². The molecule has 1 N–H and O–H groups in total. The predicted octanol–water partition coefficient (Wildman–Crippen LogP) is 6.06. The van der Waals surface area contributed by atoms with Crippen molar-refractivity contribution >= 4 is 5.78 Å². The normalized spacial score (nSPS) is 44.1. The smallest absolute Gasteiger partial charge is 0.169 e. The maximum absolute atomic E-state index is 12.3. The van der Waals surface area contributed by atoms with Gasteiger partial charge in [-0.15, -0.1) is 0 Å². The summed E-state index contributed by atoms with van der Waals surface area (Å²) in [6, 6.07) is 10.1. The van der Waals surface area contributed by atoms with Gasteiger partial charge in [0.1, 0.15) is 5.78 Å². The standard InChI is InChI=1S/C28H38O3/c1-19(29)23-11-12-24-22-10-9-21-17-28(30,31-18-20-7-5-4-6-8-20)16-15-26(21,2)25(22)13-14-27(23,24)3/h4-9,22-25,30H,10-18H2,1-3H3/t22-,23+,24-,25-,26-,27+,28-/m0/s1. The molecular weight excluding hydrogens is 384 g/mol. The molecule has 5 rings (SSSR count). The zero-order chi connectivity index (χ0) is 21.9. The molecular formula is C28H38O3. The van der Waals surface area contributed by atoms with Gasteiger partial charge in [0.15, 0.2) is 5.79 Å². The van der Waals surface area contributed by atoms with Crippen molar-refractivity contribution in [1.82, 2.24) is 0 Å². The molecule has 0 spiro atoms. The maximum Gasteiger partial charge on any atom is 0.169 e. The van der Waals surface area contributed by atoms with Crippen LogP contribution in [0.2, 0.25) is 0 Å². The van der Waals surface area contributed by atoms with E-state index in [0.29, 0.717) is 43.0 Å².